The maximum Gasteiger partial charge on any atom is 0.435 e. The third-order valence-corrected chi connectivity index (χ3v) is 6.20. The molecule has 0 aliphatic heterocycles. The minimum absolute atomic E-state index is 0.0946. The van der Waals surface area contributed by atoms with E-state index in [1.165, 1.54) is 18.3 Å². The molecular formula is C19H12F4N4O3S2. The lowest BCUT2D eigenvalue weighted by Crippen LogP contribution is -2.13. The molecule has 166 valence electrons. The SMILES string of the molecule is O=S(=O)(Nc1nccs1)c1ccc(Oc2cc(C(F)(F)F)nn2-c2ccccc2)c(F)c1. The molecule has 2 aromatic carbocycles. The van der Waals surface area contributed by atoms with Gasteiger partial charge < -0.3 is 4.74 Å². The molecule has 0 radical (unpaired) electrons. The number of aromatic nitrogens is 3. The highest BCUT2D eigenvalue weighted by Crippen LogP contribution is 2.35. The van der Waals surface area contributed by atoms with E-state index < -0.39 is 44.2 Å². The van der Waals surface area contributed by atoms with E-state index in [4.69, 9.17) is 4.74 Å². The van der Waals surface area contributed by atoms with Gasteiger partial charge in [0, 0.05) is 17.6 Å². The van der Waals surface area contributed by atoms with E-state index in [0.29, 0.717) is 12.1 Å². The van der Waals surface area contributed by atoms with Crippen molar-refractivity contribution in [1.82, 2.24) is 14.8 Å². The molecule has 0 saturated heterocycles. The van der Waals surface area contributed by atoms with Gasteiger partial charge in [-0.15, -0.1) is 11.3 Å². The highest BCUT2D eigenvalue weighted by atomic mass is 32.2. The van der Waals surface area contributed by atoms with E-state index in [1.54, 1.807) is 23.6 Å². The van der Waals surface area contributed by atoms with Gasteiger partial charge in [-0.25, -0.2) is 22.5 Å². The first-order chi connectivity index (χ1) is 15.1. The van der Waals surface area contributed by atoms with Crippen molar-refractivity contribution in [2.45, 2.75) is 11.1 Å². The van der Waals surface area contributed by atoms with Gasteiger partial charge in [-0.2, -0.15) is 18.3 Å². The molecule has 2 aromatic heterocycles. The molecule has 13 heteroatoms. The number of benzene rings is 2. The van der Waals surface area contributed by atoms with Crippen LogP contribution in [0.5, 0.6) is 11.6 Å². The smallest absolute Gasteiger partial charge is 0.435 e. The molecule has 0 aliphatic carbocycles. The zero-order chi connectivity index (χ0) is 22.9. The maximum atomic E-state index is 14.6. The van der Waals surface area contributed by atoms with E-state index in [2.05, 4.69) is 14.8 Å². The molecule has 4 aromatic rings. The standard InChI is InChI=1S/C19H12F4N4O3S2/c20-14-10-13(32(28,29)26-18-24-8-9-31-18)6-7-15(14)30-17-11-16(19(21,22)23)25-27(17)12-4-2-1-3-5-12/h1-11H,(H,24,26). The summed E-state index contributed by atoms with van der Waals surface area (Å²) in [4.78, 5) is 3.38. The van der Waals surface area contributed by atoms with Crippen molar-refractivity contribution >= 4 is 26.5 Å². The number of para-hydroxylation sites is 1. The Labute approximate surface area is 183 Å². The Morgan fingerprint density at radius 2 is 1.81 bits per heavy atom. The van der Waals surface area contributed by atoms with E-state index in [9.17, 15) is 26.0 Å². The van der Waals surface area contributed by atoms with E-state index in [1.807, 2.05) is 0 Å². The number of hydrogen-bond acceptors (Lipinski definition) is 6. The quantitative estimate of drug-likeness (QED) is 0.386. The van der Waals surface area contributed by atoms with Gasteiger partial charge in [-0.3, -0.25) is 4.72 Å². The highest BCUT2D eigenvalue weighted by molar-refractivity contribution is 7.93. The molecule has 0 unspecified atom stereocenters. The van der Waals surface area contributed by atoms with Crippen LogP contribution in [0.15, 0.2) is 71.1 Å². The van der Waals surface area contributed by atoms with Crippen molar-refractivity contribution < 1.29 is 30.7 Å². The van der Waals surface area contributed by atoms with Gasteiger partial charge in [0.25, 0.3) is 10.0 Å². The molecule has 0 atom stereocenters. The Balaban J connectivity index is 1.67. The van der Waals surface area contributed by atoms with Crippen molar-refractivity contribution in [3.8, 4) is 17.3 Å². The van der Waals surface area contributed by atoms with Crippen LogP contribution in [0.25, 0.3) is 5.69 Å². The monoisotopic (exact) mass is 484 g/mol. The van der Waals surface area contributed by atoms with Crippen LogP contribution in [0.4, 0.5) is 22.7 Å². The maximum absolute atomic E-state index is 14.6. The normalized spacial score (nSPS) is 12.0. The van der Waals surface area contributed by atoms with Crippen molar-refractivity contribution in [3.05, 3.63) is 77.7 Å². The van der Waals surface area contributed by atoms with Gasteiger partial charge >= 0.3 is 6.18 Å². The predicted octanol–water partition coefficient (Wildman–Crippen LogP) is 5.08. The predicted molar refractivity (Wildman–Crippen MR) is 108 cm³/mol. The van der Waals surface area contributed by atoms with E-state index >= 15 is 0 Å². The van der Waals surface area contributed by atoms with Gasteiger partial charge in [0.1, 0.15) is 0 Å². The molecule has 0 saturated carbocycles. The average Bonchev–Trinajstić information content (AvgIpc) is 3.39. The number of nitrogens with one attached hydrogen (secondary N) is 1. The zero-order valence-electron chi connectivity index (χ0n) is 15.7. The lowest BCUT2D eigenvalue weighted by atomic mass is 10.3. The second kappa shape index (κ2) is 8.24. The van der Waals surface area contributed by atoms with E-state index in [0.717, 1.165) is 28.2 Å². The lowest BCUT2D eigenvalue weighted by Gasteiger charge is -2.11. The number of halogens is 4. The highest BCUT2D eigenvalue weighted by Gasteiger charge is 2.36. The summed E-state index contributed by atoms with van der Waals surface area (Å²) in [7, 11) is -4.13. The Bertz CT molecular complexity index is 1340. The summed E-state index contributed by atoms with van der Waals surface area (Å²) in [5, 5.41) is 5.16. The van der Waals surface area contributed by atoms with Crippen molar-refractivity contribution in [1.29, 1.82) is 0 Å². The van der Waals surface area contributed by atoms with Crippen LogP contribution in [0.2, 0.25) is 0 Å². The van der Waals surface area contributed by atoms with Gasteiger partial charge in [0.15, 0.2) is 22.4 Å². The van der Waals surface area contributed by atoms with Gasteiger partial charge in [0.05, 0.1) is 10.6 Å². The number of thiazole rings is 1. The van der Waals surface area contributed by atoms with Crippen LogP contribution in [0.1, 0.15) is 5.69 Å². The Kier molecular flexibility index (Phi) is 5.60. The number of sulfonamides is 1. The summed E-state index contributed by atoms with van der Waals surface area (Å²) in [6.45, 7) is 0. The van der Waals surface area contributed by atoms with Crippen LogP contribution in [0, 0.1) is 5.82 Å². The molecule has 0 spiro atoms. The number of nitrogens with zero attached hydrogens (tertiary/aromatic N) is 3. The lowest BCUT2D eigenvalue weighted by molar-refractivity contribution is -0.141. The minimum Gasteiger partial charge on any atom is -0.436 e. The van der Waals surface area contributed by atoms with Gasteiger partial charge in [0.2, 0.25) is 5.88 Å². The van der Waals surface area contributed by atoms with Crippen LogP contribution in [0.3, 0.4) is 0 Å². The first-order valence-electron chi connectivity index (χ1n) is 8.76. The minimum atomic E-state index is -4.75. The topological polar surface area (TPSA) is 86.1 Å². The number of rotatable bonds is 6. The zero-order valence-corrected chi connectivity index (χ0v) is 17.4. The van der Waals surface area contributed by atoms with Crippen LogP contribution >= 0.6 is 11.3 Å². The fourth-order valence-electron chi connectivity index (χ4n) is 2.62. The Morgan fingerprint density at radius 1 is 1.06 bits per heavy atom. The molecule has 2 heterocycles. The average molecular weight is 484 g/mol. The van der Waals surface area contributed by atoms with Crippen molar-refractivity contribution in [3.63, 3.8) is 0 Å². The van der Waals surface area contributed by atoms with Gasteiger partial charge in [-0.1, -0.05) is 18.2 Å². The summed E-state index contributed by atoms with van der Waals surface area (Å²) < 4.78 is 87.3. The third kappa shape index (κ3) is 4.57. The molecule has 0 amide bonds. The largest absolute Gasteiger partial charge is 0.436 e. The summed E-state index contributed by atoms with van der Waals surface area (Å²) in [6.07, 6.45) is -3.36. The van der Waals surface area contributed by atoms with Crippen molar-refractivity contribution in [2.24, 2.45) is 0 Å². The Morgan fingerprint density at radius 3 is 2.44 bits per heavy atom. The van der Waals surface area contributed by atoms with Gasteiger partial charge in [-0.05, 0) is 30.3 Å². The third-order valence-electron chi connectivity index (χ3n) is 4.05. The number of alkyl halides is 3. The van der Waals surface area contributed by atoms with Crippen LogP contribution < -0.4 is 9.46 Å². The summed E-state index contributed by atoms with van der Waals surface area (Å²) in [5.74, 6) is -1.98. The molecule has 1 N–H and O–H groups in total. The van der Waals surface area contributed by atoms with Crippen LogP contribution in [-0.4, -0.2) is 23.2 Å². The fraction of sp³-hybridized carbons (Fsp3) is 0.0526. The molecule has 32 heavy (non-hydrogen) atoms. The Hall–Kier alpha value is -3.45. The molecule has 0 fully saturated rings. The van der Waals surface area contributed by atoms with Crippen molar-refractivity contribution in [2.75, 3.05) is 4.72 Å². The number of hydrogen-bond donors (Lipinski definition) is 1. The van der Waals surface area contributed by atoms with E-state index in [-0.39, 0.29) is 10.8 Å². The first kappa shape index (κ1) is 21.8. The molecule has 0 bridgehead atoms. The molecule has 7 nitrogen and oxygen atoms in total. The first-order valence-corrected chi connectivity index (χ1v) is 11.1. The summed E-state index contributed by atoms with van der Waals surface area (Å²) >= 11 is 1.04. The molecule has 0 aliphatic rings. The summed E-state index contributed by atoms with van der Waals surface area (Å²) in [5.41, 5.74) is -0.978. The molecule has 4 rings (SSSR count). The fourth-order valence-corrected chi connectivity index (χ4v) is 4.42. The summed E-state index contributed by atoms with van der Waals surface area (Å²) in [6, 6.07) is 11.2. The second-order valence-corrected chi connectivity index (χ2v) is 8.83. The van der Waals surface area contributed by atoms with Crippen LogP contribution in [-0.2, 0) is 16.2 Å². The second-order valence-electron chi connectivity index (χ2n) is 6.25. The number of ether oxygens (including phenoxy) is 1. The number of anilines is 1. The molecular weight excluding hydrogens is 472 g/mol.